The van der Waals surface area contributed by atoms with Crippen molar-refractivity contribution in [3.63, 3.8) is 0 Å². The molecule has 0 aromatic heterocycles. The molecule has 0 radical (unpaired) electrons. The summed E-state index contributed by atoms with van der Waals surface area (Å²) in [5.41, 5.74) is 1.22. The van der Waals surface area contributed by atoms with Crippen molar-refractivity contribution < 1.29 is 24.2 Å². The lowest BCUT2D eigenvalue weighted by atomic mass is 9.89. The minimum absolute atomic E-state index is 0.136. The summed E-state index contributed by atoms with van der Waals surface area (Å²) in [4.78, 5) is 26.3. The molecule has 0 saturated carbocycles. The molecule has 142 valence electrons. The highest BCUT2D eigenvalue weighted by atomic mass is 35.5. The van der Waals surface area contributed by atoms with Crippen LogP contribution in [-0.2, 0) is 4.79 Å². The molecule has 2 aromatic carbocycles. The van der Waals surface area contributed by atoms with Crippen molar-refractivity contribution in [1.82, 2.24) is 4.90 Å². The molecule has 1 fully saturated rings. The Hall–Kier alpha value is -2.73. The van der Waals surface area contributed by atoms with Crippen molar-refractivity contribution in [3.8, 4) is 11.5 Å². The number of benzene rings is 2. The molecular formula is C20H20ClNO5. The molecule has 1 heterocycles. The molecule has 1 aliphatic heterocycles. The van der Waals surface area contributed by atoms with Crippen molar-refractivity contribution in [2.24, 2.45) is 5.92 Å². The SMILES string of the molecule is COc1ccc(C(=O)N2C[C@@H](C(=O)O)[C@H](c3ccc(Cl)cc3)C2)c(OC)c1. The van der Waals surface area contributed by atoms with E-state index in [0.717, 1.165) is 5.56 Å². The van der Waals surface area contributed by atoms with Crippen LogP contribution >= 0.6 is 11.6 Å². The number of amides is 1. The first-order valence-electron chi connectivity index (χ1n) is 8.44. The van der Waals surface area contributed by atoms with Crippen LogP contribution in [0.5, 0.6) is 11.5 Å². The third-order valence-corrected chi connectivity index (χ3v) is 5.11. The van der Waals surface area contributed by atoms with Crippen molar-refractivity contribution >= 4 is 23.5 Å². The predicted octanol–water partition coefficient (Wildman–Crippen LogP) is 3.30. The van der Waals surface area contributed by atoms with Crippen LogP contribution in [0.15, 0.2) is 42.5 Å². The van der Waals surface area contributed by atoms with Gasteiger partial charge in [0.1, 0.15) is 11.5 Å². The number of aliphatic carboxylic acids is 1. The van der Waals surface area contributed by atoms with Gasteiger partial charge in [-0.15, -0.1) is 0 Å². The first kappa shape index (κ1) is 19.0. The number of ether oxygens (including phenoxy) is 2. The predicted molar refractivity (Wildman–Crippen MR) is 101 cm³/mol. The van der Waals surface area contributed by atoms with E-state index in [0.29, 0.717) is 28.6 Å². The molecule has 0 aliphatic carbocycles. The second-order valence-corrected chi connectivity index (χ2v) is 6.82. The fourth-order valence-electron chi connectivity index (χ4n) is 3.41. The minimum Gasteiger partial charge on any atom is -0.497 e. The standard InChI is InChI=1S/C20H20ClNO5/c1-26-14-7-8-15(18(9-14)27-2)19(23)22-10-16(17(11-22)20(24)25)12-3-5-13(21)6-4-12/h3-9,16-17H,10-11H2,1-2H3,(H,24,25)/t16-,17+/m0/s1. The number of likely N-dealkylation sites (tertiary alicyclic amines) is 1. The van der Waals surface area contributed by atoms with E-state index >= 15 is 0 Å². The van der Waals surface area contributed by atoms with E-state index in [-0.39, 0.29) is 18.4 Å². The van der Waals surface area contributed by atoms with Gasteiger partial charge in [0.2, 0.25) is 0 Å². The number of hydrogen-bond acceptors (Lipinski definition) is 4. The summed E-state index contributed by atoms with van der Waals surface area (Å²) in [6.07, 6.45) is 0. The smallest absolute Gasteiger partial charge is 0.308 e. The lowest BCUT2D eigenvalue weighted by Crippen LogP contribution is -2.30. The number of rotatable bonds is 5. The van der Waals surface area contributed by atoms with E-state index in [1.54, 1.807) is 35.2 Å². The zero-order valence-corrected chi connectivity index (χ0v) is 15.8. The number of carboxylic acid groups (broad SMARTS) is 1. The molecule has 27 heavy (non-hydrogen) atoms. The maximum Gasteiger partial charge on any atom is 0.308 e. The van der Waals surface area contributed by atoms with Crippen molar-refractivity contribution in [2.45, 2.75) is 5.92 Å². The van der Waals surface area contributed by atoms with Gasteiger partial charge in [-0.3, -0.25) is 9.59 Å². The van der Waals surface area contributed by atoms with E-state index in [1.165, 1.54) is 14.2 Å². The number of carbonyl (C=O) groups excluding carboxylic acids is 1. The first-order valence-corrected chi connectivity index (χ1v) is 8.82. The molecule has 0 unspecified atom stereocenters. The van der Waals surface area contributed by atoms with Gasteiger partial charge in [-0.25, -0.2) is 0 Å². The molecule has 0 spiro atoms. The third-order valence-electron chi connectivity index (χ3n) is 4.86. The van der Waals surface area contributed by atoms with E-state index in [4.69, 9.17) is 21.1 Å². The topological polar surface area (TPSA) is 76.1 Å². The second-order valence-electron chi connectivity index (χ2n) is 6.38. The lowest BCUT2D eigenvalue weighted by Gasteiger charge is -2.18. The van der Waals surface area contributed by atoms with Crippen LogP contribution in [0.25, 0.3) is 0 Å². The van der Waals surface area contributed by atoms with E-state index in [9.17, 15) is 14.7 Å². The van der Waals surface area contributed by atoms with E-state index < -0.39 is 11.9 Å². The average molecular weight is 390 g/mol. The summed E-state index contributed by atoms with van der Waals surface area (Å²) in [6, 6.07) is 12.0. The summed E-state index contributed by atoms with van der Waals surface area (Å²) in [7, 11) is 3.01. The van der Waals surface area contributed by atoms with Crippen LogP contribution in [0.1, 0.15) is 21.8 Å². The second kappa shape index (κ2) is 7.88. The van der Waals surface area contributed by atoms with Crippen LogP contribution < -0.4 is 9.47 Å². The summed E-state index contributed by atoms with van der Waals surface area (Å²) < 4.78 is 10.5. The summed E-state index contributed by atoms with van der Waals surface area (Å²) in [6.45, 7) is 0.448. The minimum atomic E-state index is -0.924. The lowest BCUT2D eigenvalue weighted by molar-refractivity contribution is -0.141. The summed E-state index contributed by atoms with van der Waals surface area (Å²) in [5.74, 6) is -1.20. The summed E-state index contributed by atoms with van der Waals surface area (Å²) in [5, 5.41) is 10.2. The normalized spacial score (nSPS) is 19.0. The maximum atomic E-state index is 13.0. The summed E-state index contributed by atoms with van der Waals surface area (Å²) >= 11 is 5.93. The number of nitrogens with zero attached hydrogens (tertiary/aromatic N) is 1. The quantitative estimate of drug-likeness (QED) is 0.849. The molecule has 1 aliphatic rings. The van der Waals surface area contributed by atoms with Crippen LogP contribution in [0.3, 0.4) is 0 Å². The Labute approximate surface area is 162 Å². The van der Waals surface area contributed by atoms with Gasteiger partial charge in [0.05, 0.1) is 25.7 Å². The highest BCUT2D eigenvalue weighted by molar-refractivity contribution is 6.30. The molecule has 0 bridgehead atoms. The largest absolute Gasteiger partial charge is 0.497 e. The van der Waals surface area contributed by atoms with Crippen LogP contribution in [0.2, 0.25) is 5.02 Å². The molecule has 1 saturated heterocycles. The molecule has 1 N–H and O–H groups in total. The van der Waals surface area contributed by atoms with E-state index in [1.807, 2.05) is 12.1 Å². The Morgan fingerprint density at radius 3 is 2.37 bits per heavy atom. The van der Waals surface area contributed by atoms with Crippen LogP contribution in [0.4, 0.5) is 0 Å². The van der Waals surface area contributed by atoms with Crippen molar-refractivity contribution in [2.75, 3.05) is 27.3 Å². The molecule has 2 atom stereocenters. The molecular weight excluding hydrogens is 370 g/mol. The van der Waals surface area contributed by atoms with Crippen molar-refractivity contribution in [3.05, 3.63) is 58.6 Å². The number of carboxylic acids is 1. The zero-order chi connectivity index (χ0) is 19.6. The van der Waals surface area contributed by atoms with Crippen molar-refractivity contribution in [1.29, 1.82) is 0 Å². The fraction of sp³-hybridized carbons (Fsp3) is 0.300. The average Bonchev–Trinajstić information content (AvgIpc) is 3.13. The van der Waals surface area contributed by atoms with Gasteiger partial charge in [0, 0.05) is 30.1 Å². The number of carbonyl (C=O) groups is 2. The molecule has 7 heteroatoms. The maximum absolute atomic E-state index is 13.0. The Balaban J connectivity index is 1.88. The van der Waals surface area contributed by atoms with Gasteiger partial charge < -0.3 is 19.5 Å². The van der Waals surface area contributed by atoms with Crippen LogP contribution in [-0.4, -0.2) is 49.2 Å². The fourth-order valence-corrected chi connectivity index (χ4v) is 3.54. The number of halogens is 1. The van der Waals surface area contributed by atoms with Gasteiger partial charge >= 0.3 is 5.97 Å². The number of methoxy groups -OCH3 is 2. The molecule has 3 rings (SSSR count). The monoisotopic (exact) mass is 389 g/mol. The Morgan fingerprint density at radius 2 is 1.78 bits per heavy atom. The first-order chi connectivity index (χ1) is 12.9. The highest BCUT2D eigenvalue weighted by Gasteiger charge is 2.41. The van der Waals surface area contributed by atoms with Gasteiger partial charge in [0.15, 0.2) is 0 Å². The number of hydrogen-bond donors (Lipinski definition) is 1. The molecule has 1 amide bonds. The highest BCUT2D eigenvalue weighted by Crippen LogP contribution is 2.35. The molecule has 6 nitrogen and oxygen atoms in total. The van der Waals surface area contributed by atoms with Gasteiger partial charge in [-0.1, -0.05) is 23.7 Å². The molecule has 2 aromatic rings. The van der Waals surface area contributed by atoms with E-state index in [2.05, 4.69) is 0 Å². The Kier molecular flexibility index (Phi) is 5.56. The van der Waals surface area contributed by atoms with Gasteiger partial charge in [-0.05, 0) is 29.8 Å². The zero-order valence-electron chi connectivity index (χ0n) is 15.0. The van der Waals surface area contributed by atoms with Gasteiger partial charge in [-0.2, -0.15) is 0 Å². The Bertz CT molecular complexity index is 852. The third kappa shape index (κ3) is 3.85. The van der Waals surface area contributed by atoms with Crippen LogP contribution in [0, 0.1) is 5.92 Å². The van der Waals surface area contributed by atoms with Gasteiger partial charge in [0.25, 0.3) is 5.91 Å². The Morgan fingerprint density at radius 1 is 1.07 bits per heavy atom.